The normalized spacial score (nSPS) is 11.4. The number of rotatable bonds is 7. The molecule has 0 spiro atoms. The lowest BCUT2D eigenvalue weighted by atomic mass is 10.1. The van der Waals surface area contributed by atoms with E-state index in [1.54, 1.807) is 18.2 Å². The smallest absolute Gasteiger partial charge is 0.253 e. The van der Waals surface area contributed by atoms with Crippen LogP contribution >= 0.6 is 12.2 Å². The molecule has 2 amide bonds. The number of benzene rings is 1. The summed E-state index contributed by atoms with van der Waals surface area (Å²) in [4.78, 5) is 24.0. The molecule has 1 aromatic carbocycles. The molecule has 0 radical (unpaired) electrons. The summed E-state index contributed by atoms with van der Waals surface area (Å²) in [5.41, 5.74) is 1.08. The Morgan fingerprint density at radius 2 is 1.91 bits per heavy atom. The number of unbranched alkanes of at least 4 members (excludes halogenated alkanes) is 1. The number of anilines is 1. The summed E-state index contributed by atoms with van der Waals surface area (Å²) in [5, 5.41) is 8.68. The van der Waals surface area contributed by atoms with Crippen molar-refractivity contribution < 1.29 is 9.59 Å². The fourth-order valence-corrected chi connectivity index (χ4v) is 2.10. The fraction of sp³-hybridized carbons (Fsp3) is 0.471. The molecule has 1 aromatic rings. The Bertz CT molecular complexity index is 561. The van der Waals surface area contributed by atoms with Crippen LogP contribution in [0.3, 0.4) is 0 Å². The van der Waals surface area contributed by atoms with Gasteiger partial charge in [0, 0.05) is 12.5 Å². The van der Waals surface area contributed by atoms with Gasteiger partial charge in [0.05, 0.1) is 11.3 Å². The van der Waals surface area contributed by atoms with Crippen molar-refractivity contribution in [1.29, 1.82) is 0 Å². The van der Waals surface area contributed by atoms with Crippen LogP contribution in [0, 0.1) is 0 Å². The lowest BCUT2D eigenvalue weighted by molar-refractivity contribution is -0.119. The van der Waals surface area contributed by atoms with Crippen molar-refractivity contribution in [3.05, 3.63) is 29.8 Å². The fourth-order valence-electron chi connectivity index (χ4n) is 1.87. The van der Waals surface area contributed by atoms with Crippen LogP contribution < -0.4 is 16.0 Å². The number of carbonyl (C=O) groups excluding carboxylic acids is 2. The van der Waals surface area contributed by atoms with E-state index >= 15 is 0 Å². The van der Waals surface area contributed by atoms with Crippen LogP contribution in [0.2, 0.25) is 0 Å². The number of hydrogen-bond donors (Lipinski definition) is 3. The van der Waals surface area contributed by atoms with E-state index in [2.05, 4.69) is 16.0 Å². The maximum atomic E-state index is 12.3. The monoisotopic (exact) mass is 335 g/mol. The molecule has 0 fully saturated rings. The minimum absolute atomic E-state index is 0.0938. The summed E-state index contributed by atoms with van der Waals surface area (Å²) in [7, 11) is 0. The van der Waals surface area contributed by atoms with Gasteiger partial charge in [-0.25, -0.2) is 0 Å². The molecule has 0 aliphatic rings. The molecular weight excluding hydrogens is 310 g/mol. The summed E-state index contributed by atoms with van der Waals surface area (Å²) in [6.07, 6.45) is 3.07. The van der Waals surface area contributed by atoms with E-state index in [1.807, 2.05) is 26.8 Å². The van der Waals surface area contributed by atoms with Gasteiger partial charge in [-0.3, -0.25) is 9.59 Å². The molecule has 3 N–H and O–H groups in total. The zero-order valence-electron chi connectivity index (χ0n) is 13.9. The van der Waals surface area contributed by atoms with Gasteiger partial charge in [0.25, 0.3) is 5.91 Å². The Kier molecular flexibility index (Phi) is 8.26. The van der Waals surface area contributed by atoms with E-state index in [0.717, 1.165) is 19.3 Å². The zero-order chi connectivity index (χ0) is 17.2. The van der Waals surface area contributed by atoms with Crippen LogP contribution in [0.1, 0.15) is 56.8 Å². The highest BCUT2D eigenvalue weighted by atomic mass is 32.1. The van der Waals surface area contributed by atoms with Gasteiger partial charge in [-0.05, 0) is 44.1 Å². The predicted octanol–water partition coefficient (Wildman–Crippen LogP) is 3.22. The van der Waals surface area contributed by atoms with Crippen molar-refractivity contribution in [2.45, 2.75) is 52.5 Å². The Labute approximate surface area is 143 Å². The van der Waals surface area contributed by atoms with Crippen LogP contribution in [0.4, 0.5) is 5.69 Å². The van der Waals surface area contributed by atoms with Gasteiger partial charge in [0.1, 0.15) is 0 Å². The van der Waals surface area contributed by atoms with E-state index in [1.165, 1.54) is 0 Å². The molecule has 0 saturated heterocycles. The maximum Gasteiger partial charge on any atom is 0.253 e. The standard InChI is InChI=1S/C17H25N3O2S/c1-4-6-11-15(21)20-17(23)19-14-10-8-7-9-13(14)16(22)18-12(3)5-2/h7-10,12H,4-6,11H2,1-3H3,(H,18,22)(H2,19,20,21,23). The third kappa shape index (κ3) is 6.78. The Hall–Kier alpha value is -1.95. The molecule has 0 aromatic heterocycles. The van der Waals surface area contributed by atoms with Gasteiger partial charge in [0.15, 0.2) is 5.11 Å². The highest BCUT2D eigenvalue weighted by Crippen LogP contribution is 2.15. The minimum Gasteiger partial charge on any atom is -0.350 e. The molecule has 1 unspecified atom stereocenters. The Morgan fingerprint density at radius 1 is 1.22 bits per heavy atom. The lowest BCUT2D eigenvalue weighted by Gasteiger charge is -2.15. The second-order valence-corrected chi connectivity index (χ2v) is 5.84. The molecule has 1 atom stereocenters. The molecule has 0 heterocycles. The topological polar surface area (TPSA) is 70.2 Å². The predicted molar refractivity (Wildman–Crippen MR) is 97.5 cm³/mol. The van der Waals surface area contributed by atoms with Gasteiger partial charge in [-0.2, -0.15) is 0 Å². The van der Waals surface area contributed by atoms with Crippen molar-refractivity contribution in [3.8, 4) is 0 Å². The molecule has 0 saturated carbocycles. The zero-order valence-corrected chi connectivity index (χ0v) is 14.8. The van der Waals surface area contributed by atoms with E-state index in [9.17, 15) is 9.59 Å². The summed E-state index contributed by atoms with van der Waals surface area (Å²) in [6.45, 7) is 5.98. The molecule has 5 nitrogen and oxygen atoms in total. The van der Waals surface area contributed by atoms with Crippen LogP contribution in [-0.2, 0) is 4.79 Å². The first kappa shape index (κ1) is 19.1. The van der Waals surface area contributed by atoms with Gasteiger partial charge in [-0.15, -0.1) is 0 Å². The van der Waals surface area contributed by atoms with Gasteiger partial charge < -0.3 is 16.0 Å². The molecule has 126 valence electrons. The highest BCUT2D eigenvalue weighted by molar-refractivity contribution is 7.80. The SMILES string of the molecule is CCCCC(=O)NC(=S)Nc1ccccc1C(=O)NC(C)CC. The Balaban J connectivity index is 2.71. The summed E-state index contributed by atoms with van der Waals surface area (Å²) in [5.74, 6) is -0.284. The molecule has 0 bridgehead atoms. The third-order valence-electron chi connectivity index (χ3n) is 3.42. The van der Waals surface area contributed by atoms with Crippen molar-refractivity contribution in [3.63, 3.8) is 0 Å². The number of hydrogen-bond acceptors (Lipinski definition) is 3. The molecule has 23 heavy (non-hydrogen) atoms. The van der Waals surface area contributed by atoms with E-state index in [-0.39, 0.29) is 23.0 Å². The summed E-state index contributed by atoms with van der Waals surface area (Å²) in [6, 6.07) is 7.18. The number of thiocarbonyl (C=S) groups is 1. The van der Waals surface area contributed by atoms with Crippen molar-refractivity contribution in [2.75, 3.05) is 5.32 Å². The quantitative estimate of drug-likeness (QED) is 0.669. The largest absolute Gasteiger partial charge is 0.350 e. The van der Waals surface area contributed by atoms with Crippen LogP contribution in [0.15, 0.2) is 24.3 Å². The van der Waals surface area contributed by atoms with Crippen LogP contribution in [0.25, 0.3) is 0 Å². The second-order valence-electron chi connectivity index (χ2n) is 5.43. The van der Waals surface area contributed by atoms with Gasteiger partial charge in [0.2, 0.25) is 5.91 Å². The second kappa shape index (κ2) is 9.94. The first-order valence-corrected chi connectivity index (χ1v) is 8.39. The van der Waals surface area contributed by atoms with E-state index in [4.69, 9.17) is 12.2 Å². The van der Waals surface area contributed by atoms with Crippen LogP contribution in [0.5, 0.6) is 0 Å². The maximum absolute atomic E-state index is 12.3. The van der Waals surface area contributed by atoms with Gasteiger partial charge in [-0.1, -0.05) is 32.4 Å². The van der Waals surface area contributed by atoms with Crippen molar-refractivity contribution >= 4 is 34.8 Å². The van der Waals surface area contributed by atoms with Gasteiger partial charge >= 0.3 is 0 Å². The number of amides is 2. The molecule has 6 heteroatoms. The summed E-state index contributed by atoms with van der Waals surface area (Å²) < 4.78 is 0. The average Bonchev–Trinajstić information content (AvgIpc) is 2.52. The first-order valence-electron chi connectivity index (χ1n) is 7.98. The number of para-hydroxylation sites is 1. The third-order valence-corrected chi connectivity index (χ3v) is 3.62. The molecular formula is C17H25N3O2S. The molecule has 0 aliphatic heterocycles. The van der Waals surface area contributed by atoms with E-state index in [0.29, 0.717) is 17.7 Å². The first-order chi connectivity index (χ1) is 11.0. The Morgan fingerprint density at radius 3 is 2.57 bits per heavy atom. The van der Waals surface area contributed by atoms with Crippen LogP contribution in [-0.4, -0.2) is 23.0 Å². The lowest BCUT2D eigenvalue weighted by Crippen LogP contribution is -2.36. The summed E-state index contributed by atoms with van der Waals surface area (Å²) >= 11 is 5.14. The number of carbonyl (C=O) groups is 2. The number of nitrogens with one attached hydrogen (secondary N) is 3. The van der Waals surface area contributed by atoms with Crippen molar-refractivity contribution in [1.82, 2.24) is 10.6 Å². The van der Waals surface area contributed by atoms with Crippen molar-refractivity contribution in [2.24, 2.45) is 0 Å². The average molecular weight is 335 g/mol. The minimum atomic E-state index is -0.164. The highest BCUT2D eigenvalue weighted by Gasteiger charge is 2.14. The molecule has 0 aliphatic carbocycles. The van der Waals surface area contributed by atoms with E-state index < -0.39 is 0 Å². The molecule has 1 rings (SSSR count).